The fourth-order valence-corrected chi connectivity index (χ4v) is 6.88. The first-order valence-corrected chi connectivity index (χ1v) is 14.5. The average Bonchev–Trinajstić information content (AvgIpc) is 2.96. The molecule has 0 spiro atoms. The largest absolute Gasteiger partial charge is 0.494 e. The van der Waals surface area contributed by atoms with Crippen LogP contribution in [0.4, 0.5) is 8.78 Å². The van der Waals surface area contributed by atoms with Gasteiger partial charge in [0.1, 0.15) is 28.9 Å². The molecule has 0 fully saturated rings. The number of carbonyl (C=O) groups excluding carboxylic acids is 1. The third-order valence-corrected chi connectivity index (χ3v) is 8.96. The number of hydrogen-bond acceptors (Lipinski definition) is 6. The van der Waals surface area contributed by atoms with Gasteiger partial charge < -0.3 is 14.8 Å². The third kappa shape index (κ3) is 5.25. The minimum Gasteiger partial charge on any atom is -0.494 e. The van der Waals surface area contributed by atoms with Gasteiger partial charge in [-0.05, 0) is 72.0 Å². The Balaban J connectivity index is 1.48. The third-order valence-electron chi connectivity index (χ3n) is 7.04. The second-order valence-electron chi connectivity index (χ2n) is 9.72. The van der Waals surface area contributed by atoms with E-state index in [-0.39, 0.29) is 25.5 Å². The summed E-state index contributed by atoms with van der Waals surface area (Å²) in [7, 11) is -4.60. The van der Waals surface area contributed by atoms with E-state index >= 15 is 0 Å². The van der Waals surface area contributed by atoms with Crippen LogP contribution in [0.3, 0.4) is 0 Å². The second-order valence-corrected chi connectivity index (χ2v) is 11.5. The van der Waals surface area contributed by atoms with Crippen LogP contribution in [-0.4, -0.2) is 43.3 Å². The number of rotatable bonds is 2. The molecule has 0 saturated carbocycles. The van der Waals surface area contributed by atoms with Crippen molar-refractivity contribution in [1.29, 1.82) is 0 Å². The number of carbonyl (C=O) groups is 1. The van der Waals surface area contributed by atoms with Crippen molar-refractivity contribution in [2.24, 2.45) is 0 Å². The normalized spacial score (nSPS) is 17.5. The van der Waals surface area contributed by atoms with Gasteiger partial charge in [0.25, 0.3) is 5.91 Å². The molecule has 0 radical (unpaired) electrons. The molecule has 3 aromatic carbocycles. The van der Waals surface area contributed by atoms with Crippen molar-refractivity contribution in [3.63, 3.8) is 0 Å². The lowest BCUT2D eigenvalue weighted by Crippen LogP contribution is -2.41. The Labute approximate surface area is 235 Å². The highest BCUT2D eigenvalue weighted by Gasteiger charge is 2.40. The van der Waals surface area contributed by atoms with E-state index < -0.39 is 32.6 Å². The number of fused-ring (bicyclic) bond motifs is 6. The van der Waals surface area contributed by atoms with Crippen LogP contribution in [0.2, 0.25) is 0 Å². The highest BCUT2D eigenvalue weighted by atomic mass is 32.2. The maximum atomic E-state index is 14.8. The van der Waals surface area contributed by atoms with E-state index in [9.17, 15) is 22.0 Å². The van der Waals surface area contributed by atoms with Gasteiger partial charge in [-0.1, -0.05) is 24.3 Å². The molecule has 4 aromatic rings. The summed E-state index contributed by atoms with van der Waals surface area (Å²) in [6, 6.07) is 15.9. The quantitative estimate of drug-likeness (QED) is 0.360. The van der Waals surface area contributed by atoms with Crippen molar-refractivity contribution in [2.75, 3.05) is 19.7 Å². The second kappa shape index (κ2) is 10.9. The summed E-state index contributed by atoms with van der Waals surface area (Å²) < 4.78 is 70.3. The zero-order valence-corrected chi connectivity index (χ0v) is 22.5. The summed E-state index contributed by atoms with van der Waals surface area (Å²) in [4.78, 5) is 15.7. The van der Waals surface area contributed by atoms with Gasteiger partial charge in [0.2, 0.25) is 10.0 Å². The number of benzene rings is 3. The van der Waals surface area contributed by atoms with Gasteiger partial charge in [0, 0.05) is 19.3 Å². The molecule has 7 rings (SSSR count). The number of pyridine rings is 1. The van der Waals surface area contributed by atoms with Gasteiger partial charge in [-0.3, -0.25) is 9.78 Å². The molecule has 8 bridgehead atoms. The lowest BCUT2D eigenvalue weighted by Gasteiger charge is -2.37. The van der Waals surface area contributed by atoms with Crippen molar-refractivity contribution in [1.82, 2.24) is 14.6 Å². The molecule has 1 N–H and O–H groups in total. The fraction of sp³-hybridized carbons (Fsp3) is 0.200. The van der Waals surface area contributed by atoms with Gasteiger partial charge in [0.15, 0.2) is 4.90 Å². The molecule has 0 aliphatic carbocycles. The van der Waals surface area contributed by atoms with E-state index in [1.165, 1.54) is 12.4 Å². The average molecular weight is 578 g/mol. The van der Waals surface area contributed by atoms with Crippen molar-refractivity contribution >= 4 is 15.9 Å². The van der Waals surface area contributed by atoms with Gasteiger partial charge >= 0.3 is 0 Å². The van der Waals surface area contributed by atoms with E-state index in [1.54, 1.807) is 48.5 Å². The van der Waals surface area contributed by atoms with E-state index in [4.69, 9.17) is 9.47 Å². The fourth-order valence-electron chi connectivity index (χ4n) is 5.17. The summed E-state index contributed by atoms with van der Waals surface area (Å²) in [5.41, 5.74) is 2.37. The van der Waals surface area contributed by atoms with E-state index in [1.807, 2.05) is 0 Å². The number of nitrogens with one attached hydrogen (secondary N) is 1. The lowest BCUT2D eigenvalue weighted by atomic mass is 9.89. The monoisotopic (exact) mass is 577 g/mol. The Morgan fingerprint density at radius 2 is 1.73 bits per heavy atom. The molecule has 3 aliphatic heterocycles. The number of halogens is 2. The summed E-state index contributed by atoms with van der Waals surface area (Å²) in [5.74, 6) is -1.27. The van der Waals surface area contributed by atoms with Crippen molar-refractivity contribution in [3.8, 4) is 17.2 Å². The van der Waals surface area contributed by atoms with Crippen molar-refractivity contribution < 1.29 is 31.5 Å². The van der Waals surface area contributed by atoms with E-state index in [0.29, 0.717) is 46.9 Å². The van der Waals surface area contributed by atoms with Crippen LogP contribution in [0.25, 0.3) is 0 Å². The van der Waals surface area contributed by atoms with Crippen LogP contribution in [0.15, 0.2) is 84.0 Å². The van der Waals surface area contributed by atoms with Crippen LogP contribution in [-0.2, 0) is 16.4 Å². The van der Waals surface area contributed by atoms with Crippen molar-refractivity contribution in [3.05, 3.63) is 113 Å². The molecule has 8 nitrogen and oxygen atoms in total. The Morgan fingerprint density at radius 3 is 2.56 bits per heavy atom. The minimum atomic E-state index is -4.60. The van der Waals surface area contributed by atoms with Crippen LogP contribution in [0.1, 0.15) is 39.5 Å². The maximum absolute atomic E-state index is 14.8. The number of aromatic nitrogens is 1. The van der Waals surface area contributed by atoms with Gasteiger partial charge in [-0.2, -0.15) is 4.31 Å². The zero-order valence-electron chi connectivity index (χ0n) is 21.7. The number of ether oxygens (including phenoxy) is 2. The maximum Gasteiger partial charge on any atom is 0.252 e. The first kappa shape index (κ1) is 26.9. The zero-order chi connectivity index (χ0) is 28.6. The van der Waals surface area contributed by atoms with Crippen LogP contribution in [0.5, 0.6) is 17.2 Å². The molecular weight excluding hydrogens is 552 g/mol. The summed E-state index contributed by atoms with van der Waals surface area (Å²) in [5, 5.41) is 2.83. The molecule has 0 saturated heterocycles. The number of amides is 1. The SMILES string of the molecule is O=C1NCCCOc2cccc(c2)C2c3ccc(cc3CCN2S(=O)(=O)c2c(F)cccc2F)Oc2cncc1c2. The molecule has 41 heavy (non-hydrogen) atoms. The van der Waals surface area contributed by atoms with E-state index in [0.717, 1.165) is 28.1 Å². The lowest BCUT2D eigenvalue weighted by molar-refractivity contribution is 0.0951. The molecular formula is C30H25F2N3O5S. The summed E-state index contributed by atoms with van der Waals surface area (Å²) >= 11 is 0. The molecule has 1 aromatic heterocycles. The Hall–Kier alpha value is -4.35. The number of sulfonamides is 1. The molecule has 11 heteroatoms. The van der Waals surface area contributed by atoms with Gasteiger partial charge in [0.05, 0.1) is 24.4 Å². The highest BCUT2D eigenvalue weighted by Crippen LogP contribution is 2.42. The highest BCUT2D eigenvalue weighted by molar-refractivity contribution is 7.89. The molecule has 210 valence electrons. The Morgan fingerprint density at radius 1 is 0.927 bits per heavy atom. The standard InChI is InChI=1S/C30H25F2N3O5S/c31-26-6-2-7-27(32)29(26)41(37,38)35-12-10-19-14-23-8-9-25(19)28(35)20-4-1-5-22(15-20)39-13-3-11-34-30(36)21-16-24(40-23)18-33-17-21/h1-2,4-9,14-18,28H,3,10-13H2,(H,34,36). The first-order chi connectivity index (χ1) is 19.8. The molecule has 3 aliphatic rings. The topological polar surface area (TPSA) is 97.8 Å². The van der Waals surface area contributed by atoms with E-state index in [2.05, 4.69) is 10.3 Å². The first-order valence-electron chi connectivity index (χ1n) is 13.0. The predicted molar refractivity (Wildman–Crippen MR) is 145 cm³/mol. The number of hydrogen-bond donors (Lipinski definition) is 1. The van der Waals surface area contributed by atoms with Crippen molar-refractivity contribution in [2.45, 2.75) is 23.8 Å². The van der Waals surface area contributed by atoms with Crippen LogP contribution < -0.4 is 14.8 Å². The minimum absolute atomic E-state index is 0.0282. The van der Waals surface area contributed by atoms with Crippen LogP contribution in [0, 0.1) is 11.6 Å². The van der Waals surface area contributed by atoms with Gasteiger partial charge in [-0.25, -0.2) is 17.2 Å². The molecule has 1 atom stereocenters. The molecule has 1 unspecified atom stereocenters. The summed E-state index contributed by atoms with van der Waals surface area (Å²) in [6.07, 6.45) is 3.73. The Kier molecular flexibility index (Phi) is 7.14. The Bertz CT molecular complexity index is 1730. The van der Waals surface area contributed by atoms with Gasteiger partial charge in [-0.15, -0.1) is 0 Å². The number of nitrogens with zero attached hydrogens (tertiary/aromatic N) is 2. The van der Waals surface area contributed by atoms with Crippen LogP contribution >= 0.6 is 0 Å². The predicted octanol–water partition coefficient (Wildman–Crippen LogP) is 5.00. The molecule has 1 amide bonds. The smallest absolute Gasteiger partial charge is 0.252 e. The summed E-state index contributed by atoms with van der Waals surface area (Å²) in [6.45, 7) is 0.619. The molecule has 4 heterocycles.